The van der Waals surface area contributed by atoms with Crippen molar-refractivity contribution < 1.29 is 9.53 Å². The van der Waals surface area contributed by atoms with Crippen LogP contribution in [0, 0.1) is 0 Å². The van der Waals surface area contributed by atoms with E-state index in [0.29, 0.717) is 6.42 Å². The number of carbonyl (C=O) groups excluding carboxylic acids is 1. The smallest absolute Gasteiger partial charge is 0.165 e. The first kappa shape index (κ1) is 13.7. The molecule has 0 fully saturated rings. The zero-order chi connectivity index (χ0) is 13.8. The van der Waals surface area contributed by atoms with Crippen molar-refractivity contribution in [2.45, 2.75) is 39.8 Å². The third-order valence-electron chi connectivity index (χ3n) is 2.98. The van der Waals surface area contributed by atoms with Crippen LogP contribution in [0.2, 0.25) is 0 Å². The fraction of sp³-hybridized carbons (Fsp3) is 0.467. The maximum absolute atomic E-state index is 11.9. The summed E-state index contributed by atoms with van der Waals surface area (Å²) < 4.78 is 7.42. The SMILES string of the molecule is CCn1c(CC(=O)COC(C)C)nc2ccccc21. The van der Waals surface area contributed by atoms with Gasteiger partial charge in [0.25, 0.3) is 0 Å². The number of carbonyl (C=O) groups is 1. The Morgan fingerprint density at radius 1 is 1.37 bits per heavy atom. The third kappa shape index (κ3) is 3.20. The summed E-state index contributed by atoms with van der Waals surface area (Å²) in [5.41, 5.74) is 2.02. The number of aryl methyl sites for hydroxylation is 1. The number of Topliss-reactive ketones (excluding diaryl/α,β-unsaturated/α-hetero) is 1. The molecule has 0 saturated heterocycles. The molecule has 0 radical (unpaired) electrons. The number of nitrogens with zero attached hydrogens (tertiary/aromatic N) is 2. The van der Waals surface area contributed by atoms with Gasteiger partial charge >= 0.3 is 0 Å². The van der Waals surface area contributed by atoms with Crippen LogP contribution in [-0.2, 0) is 22.5 Å². The molecule has 0 aliphatic heterocycles. The average molecular weight is 260 g/mol. The summed E-state index contributed by atoms with van der Waals surface area (Å²) in [5, 5.41) is 0. The molecule has 0 spiro atoms. The molecule has 0 aliphatic carbocycles. The van der Waals surface area contributed by atoms with Crippen molar-refractivity contribution in [3.63, 3.8) is 0 Å². The summed E-state index contributed by atoms with van der Waals surface area (Å²) in [6.07, 6.45) is 0.406. The van der Waals surface area contributed by atoms with Crippen LogP contribution in [0.5, 0.6) is 0 Å². The van der Waals surface area contributed by atoms with Crippen molar-refractivity contribution in [1.82, 2.24) is 9.55 Å². The average Bonchev–Trinajstić information content (AvgIpc) is 2.73. The molecule has 0 aliphatic rings. The van der Waals surface area contributed by atoms with Crippen LogP contribution < -0.4 is 0 Å². The van der Waals surface area contributed by atoms with Crippen molar-refractivity contribution in [2.24, 2.45) is 0 Å². The van der Waals surface area contributed by atoms with Crippen LogP contribution in [0.1, 0.15) is 26.6 Å². The Bertz CT molecular complexity index is 573. The van der Waals surface area contributed by atoms with E-state index in [-0.39, 0.29) is 18.5 Å². The molecule has 1 aromatic heterocycles. The Morgan fingerprint density at radius 3 is 2.79 bits per heavy atom. The van der Waals surface area contributed by atoms with Gasteiger partial charge in [0.15, 0.2) is 5.78 Å². The topological polar surface area (TPSA) is 44.1 Å². The maximum Gasteiger partial charge on any atom is 0.165 e. The van der Waals surface area contributed by atoms with E-state index in [4.69, 9.17) is 4.74 Å². The minimum atomic E-state index is 0.0682. The fourth-order valence-electron chi connectivity index (χ4n) is 2.10. The number of fused-ring (bicyclic) bond motifs is 1. The number of imidazole rings is 1. The molecular formula is C15H20N2O2. The number of para-hydroxylation sites is 2. The monoisotopic (exact) mass is 260 g/mol. The predicted octanol–water partition coefficient (Wildman–Crippen LogP) is 2.59. The molecule has 4 heteroatoms. The normalized spacial score (nSPS) is 11.4. The van der Waals surface area contributed by atoms with E-state index in [1.165, 1.54) is 0 Å². The van der Waals surface area contributed by atoms with Gasteiger partial charge in [-0.3, -0.25) is 4.79 Å². The molecule has 0 saturated carbocycles. The van der Waals surface area contributed by atoms with Gasteiger partial charge in [0.05, 0.1) is 23.6 Å². The summed E-state index contributed by atoms with van der Waals surface area (Å²) in [6, 6.07) is 7.96. The Labute approximate surface area is 113 Å². The summed E-state index contributed by atoms with van der Waals surface area (Å²) >= 11 is 0. The summed E-state index contributed by atoms with van der Waals surface area (Å²) in [6.45, 7) is 6.88. The van der Waals surface area contributed by atoms with Gasteiger partial charge in [-0.05, 0) is 32.9 Å². The number of rotatable bonds is 6. The summed E-state index contributed by atoms with van der Waals surface area (Å²) in [5.74, 6) is 0.889. The van der Waals surface area contributed by atoms with Crippen LogP contribution in [0.4, 0.5) is 0 Å². The largest absolute Gasteiger partial charge is 0.371 e. The zero-order valence-electron chi connectivity index (χ0n) is 11.7. The number of ketones is 1. The van der Waals surface area contributed by atoms with Gasteiger partial charge in [-0.1, -0.05) is 12.1 Å². The minimum absolute atomic E-state index is 0.0682. The van der Waals surface area contributed by atoms with E-state index in [1.54, 1.807) is 0 Å². The first-order valence-electron chi connectivity index (χ1n) is 6.69. The Hall–Kier alpha value is -1.68. The van der Waals surface area contributed by atoms with Crippen molar-refractivity contribution in [3.05, 3.63) is 30.1 Å². The lowest BCUT2D eigenvalue weighted by molar-refractivity contribution is -0.124. The second-order valence-electron chi connectivity index (χ2n) is 4.84. The zero-order valence-corrected chi connectivity index (χ0v) is 11.7. The van der Waals surface area contributed by atoms with Crippen LogP contribution in [0.15, 0.2) is 24.3 Å². The van der Waals surface area contributed by atoms with Crippen LogP contribution in [0.25, 0.3) is 11.0 Å². The number of aromatic nitrogens is 2. The number of hydrogen-bond donors (Lipinski definition) is 0. The molecule has 2 aromatic rings. The molecule has 102 valence electrons. The highest BCUT2D eigenvalue weighted by Gasteiger charge is 2.13. The van der Waals surface area contributed by atoms with Gasteiger partial charge in [-0.2, -0.15) is 0 Å². The number of benzene rings is 1. The van der Waals surface area contributed by atoms with E-state index in [9.17, 15) is 4.79 Å². The Balaban J connectivity index is 2.18. The van der Waals surface area contributed by atoms with E-state index in [1.807, 2.05) is 38.1 Å². The predicted molar refractivity (Wildman–Crippen MR) is 75.2 cm³/mol. The lowest BCUT2D eigenvalue weighted by Crippen LogP contribution is -2.17. The first-order valence-corrected chi connectivity index (χ1v) is 6.69. The van der Waals surface area contributed by atoms with E-state index in [0.717, 1.165) is 23.4 Å². The van der Waals surface area contributed by atoms with Crippen LogP contribution >= 0.6 is 0 Å². The second-order valence-corrected chi connectivity index (χ2v) is 4.84. The third-order valence-corrected chi connectivity index (χ3v) is 2.98. The maximum atomic E-state index is 11.9. The quantitative estimate of drug-likeness (QED) is 0.802. The molecule has 0 unspecified atom stereocenters. The molecule has 0 N–H and O–H groups in total. The lowest BCUT2D eigenvalue weighted by atomic mass is 10.3. The molecule has 0 atom stereocenters. The Morgan fingerprint density at radius 2 is 2.11 bits per heavy atom. The van der Waals surface area contributed by atoms with E-state index in [2.05, 4.69) is 16.5 Å². The molecule has 0 bridgehead atoms. The number of hydrogen-bond acceptors (Lipinski definition) is 3. The van der Waals surface area contributed by atoms with Crippen molar-refractivity contribution >= 4 is 16.8 Å². The van der Waals surface area contributed by atoms with Gasteiger partial charge in [0, 0.05) is 6.54 Å². The van der Waals surface area contributed by atoms with Crippen LogP contribution in [0.3, 0.4) is 0 Å². The second kappa shape index (κ2) is 5.97. The molecule has 4 nitrogen and oxygen atoms in total. The highest BCUT2D eigenvalue weighted by molar-refractivity contribution is 5.83. The Kier molecular flexibility index (Phi) is 4.32. The van der Waals surface area contributed by atoms with Crippen molar-refractivity contribution in [2.75, 3.05) is 6.61 Å². The first-order chi connectivity index (χ1) is 9.11. The van der Waals surface area contributed by atoms with Crippen LogP contribution in [-0.4, -0.2) is 28.0 Å². The molecule has 19 heavy (non-hydrogen) atoms. The lowest BCUT2D eigenvalue weighted by Gasteiger charge is -2.08. The molecular weight excluding hydrogens is 240 g/mol. The van der Waals surface area contributed by atoms with Crippen molar-refractivity contribution in [1.29, 1.82) is 0 Å². The summed E-state index contributed by atoms with van der Waals surface area (Å²) in [4.78, 5) is 16.4. The van der Waals surface area contributed by atoms with E-state index < -0.39 is 0 Å². The van der Waals surface area contributed by atoms with Gasteiger partial charge in [0.2, 0.25) is 0 Å². The highest BCUT2D eigenvalue weighted by Crippen LogP contribution is 2.16. The van der Waals surface area contributed by atoms with Gasteiger partial charge in [-0.25, -0.2) is 4.98 Å². The summed E-state index contributed by atoms with van der Waals surface area (Å²) in [7, 11) is 0. The van der Waals surface area contributed by atoms with Gasteiger partial charge in [0.1, 0.15) is 12.4 Å². The molecule has 1 aromatic carbocycles. The standard InChI is InChI=1S/C15H20N2O2/c1-4-17-14-8-6-5-7-13(14)16-15(17)9-12(18)10-19-11(2)3/h5-8,11H,4,9-10H2,1-3H3. The van der Waals surface area contributed by atoms with Crippen molar-refractivity contribution in [3.8, 4) is 0 Å². The number of ether oxygens (including phenoxy) is 1. The highest BCUT2D eigenvalue weighted by atomic mass is 16.5. The molecule has 0 amide bonds. The van der Waals surface area contributed by atoms with Gasteiger partial charge in [-0.15, -0.1) is 0 Å². The van der Waals surface area contributed by atoms with Gasteiger partial charge < -0.3 is 9.30 Å². The molecule has 1 heterocycles. The minimum Gasteiger partial charge on any atom is -0.371 e. The van der Waals surface area contributed by atoms with E-state index >= 15 is 0 Å². The molecule has 2 rings (SSSR count). The fourth-order valence-corrected chi connectivity index (χ4v) is 2.10.